The minimum atomic E-state index is 0.106. The molecule has 0 bridgehead atoms. The second-order valence-electron chi connectivity index (χ2n) is 8.14. The van der Waals surface area contributed by atoms with Crippen LogP contribution in [0.3, 0.4) is 0 Å². The number of hydrogen-bond donors (Lipinski definition) is 1. The molecule has 2 nitrogen and oxygen atoms in total. The van der Waals surface area contributed by atoms with E-state index >= 15 is 0 Å². The fraction of sp³-hybridized carbons (Fsp3) is 1.00. The van der Waals surface area contributed by atoms with E-state index in [0.717, 1.165) is 19.1 Å². The Kier molecular flexibility index (Phi) is 6.14. The number of hydrogen-bond acceptors (Lipinski definition) is 2. The Balaban J connectivity index is 2.14. The molecule has 0 aliphatic heterocycles. The minimum Gasteiger partial charge on any atom is -0.374 e. The first-order valence-corrected chi connectivity index (χ1v) is 9.40. The van der Waals surface area contributed by atoms with Gasteiger partial charge in [-0.3, -0.25) is 0 Å². The van der Waals surface area contributed by atoms with E-state index in [1.807, 2.05) is 0 Å². The third-order valence-electron chi connectivity index (χ3n) is 5.93. The molecule has 0 radical (unpaired) electrons. The Morgan fingerprint density at radius 2 is 1.67 bits per heavy atom. The summed E-state index contributed by atoms with van der Waals surface area (Å²) in [5.41, 5.74) is 0.611. The quantitative estimate of drug-likeness (QED) is 0.720. The van der Waals surface area contributed by atoms with Crippen LogP contribution in [0.15, 0.2) is 0 Å². The summed E-state index contributed by atoms with van der Waals surface area (Å²) in [6.07, 6.45) is 12.0. The molecule has 21 heavy (non-hydrogen) atoms. The molecule has 0 saturated heterocycles. The van der Waals surface area contributed by atoms with E-state index in [1.165, 1.54) is 57.8 Å². The molecule has 2 aliphatic rings. The van der Waals surface area contributed by atoms with Crippen molar-refractivity contribution in [2.45, 2.75) is 97.1 Å². The zero-order valence-corrected chi connectivity index (χ0v) is 14.8. The van der Waals surface area contributed by atoms with Crippen molar-refractivity contribution in [1.82, 2.24) is 5.32 Å². The van der Waals surface area contributed by atoms with Crippen molar-refractivity contribution < 1.29 is 4.74 Å². The van der Waals surface area contributed by atoms with Crippen molar-refractivity contribution >= 4 is 0 Å². The molecule has 1 N–H and O–H groups in total. The molecule has 0 aromatic rings. The van der Waals surface area contributed by atoms with Crippen molar-refractivity contribution in [2.24, 2.45) is 11.3 Å². The van der Waals surface area contributed by atoms with Crippen LogP contribution in [0.2, 0.25) is 0 Å². The normalized spacial score (nSPS) is 26.9. The molecule has 0 aromatic heterocycles. The summed E-state index contributed by atoms with van der Waals surface area (Å²) in [4.78, 5) is 0. The van der Waals surface area contributed by atoms with Gasteiger partial charge in [-0.2, -0.15) is 0 Å². The molecule has 1 atom stereocenters. The largest absolute Gasteiger partial charge is 0.374 e. The van der Waals surface area contributed by atoms with Crippen molar-refractivity contribution in [3.63, 3.8) is 0 Å². The maximum atomic E-state index is 6.47. The Morgan fingerprint density at radius 1 is 1.05 bits per heavy atom. The van der Waals surface area contributed by atoms with Gasteiger partial charge in [0.1, 0.15) is 0 Å². The van der Waals surface area contributed by atoms with Crippen LogP contribution in [0, 0.1) is 11.3 Å². The number of rotatable bonds is 7. The summed E-state index contributed by atoms with van der Waals surface area (Å²) in [7, 11) is 0. The smallest absolute Gasteiger partial charge is 0.0837 e. The zero-order chi connectivity index (χ0) is 15.3. The van der Waals surface area contributed by atoms with Crippen molar-refractivity contribution in [3.8, 4) is 0 Å². The van der Waals surface area contributed by atoms with Crippen LogP contribution in [0.5, 0.6) is 0 Å². The first kappa shape index (κ1) is 17.3. The zero-order valence-electron chi connectivity index (χ0n) is 14.8. The Hall–Kier alpha value is -0.0800. The first-order valence-electron chi connectivity index (χ1n) is 9.40. The molecule has 1 unspecified atom stereocenters. The van der Waals surface area contributed by atoms with E-state index in [9.17, 15) is 0 Å². The van der Waals surface area contributed by atoms with E-state index in [1.54, 1.807) is 0 Å². The average molecular weight is 296 g/mol. The second kappa shape index (κ2) is 7.46. The van der Waals surface area contributed by atoms with E-state index in [-0.39, 0.29) is 5.60 Å². The second-order valence-corrected chi connectivity index (χ2v) is 8.14. The van der Waals surface area contributed by atoms with Crippen LogP contribution in [0.1, 0.15) is 85.5 Å². The number of ether oxygens (including phenoxy) is 1. The summed E-state index contributed by atoms with van der Waals surface area (Å²) >= 11 is 0. The molecule has 0 heterocycles. The number of nitrogens with one attached hydrogen (secondary N) is 1. The van der Waals surface area contributed by atoms with Gasteiger partial charge in [0.2, 0.25) is 0 Å². The van der Waals surface area contributed by atoms with Gasteiger partial charge in [0, 0.05) is 12.6 Å². The predicted octanol–water partition coefficient (Wildman–Crippen LogP) is 4.92. The molecule has 124 valence electrons. The van der Waals surface area contributed by atoms with Gasteiger partial charge in [-0.05, 0) is 69.7 Å². The van der Waals surface area contributed by atoms with Gasteiger partial charge in [0.05, 0.1) is 5.60 Å². The highest BCUT2D eigenvalue weighted by Gasteiger charge is 2.47. The third kappa shape index (κ3) is 4.22. The summed E-state index contributed by atoms with van der Waals surface area (Å²) in [5, 5.41) is 3.91. The van der Waals surface area contributed by atoms with Crippen LogP contribution in [-0.4, -0.2) is 24.8 Å². The lowest BCUT2D eigenvalue weighted by Crippen LogP contribution is -2.58. The van der Waals surface area contributed by atoms with Gasteiger partial charge in [-0.1, -0.05) is 33.6 Å². The molecule has 2 aliphatic carbocycles. The van der Waals surface area contributed by atoms with Gasteiger partial charge in [-0.15, -0.1) is 0 Å². The molecule has 0 aromatic carbocycles. The summed E-state index contributed by atoms with van der Waals surface area (Å²) in [6.45, 7) is 11.3. The van der Waals surface area contributed by atoms with E-state index < -0.39 is 0 Å². The summed E-state index contributed by atoms with van der Waals surface area (Å²) < 4.78 is 6.47. The predicted molar refractivity (Wildman–Crippen MR) is 90.6 cm³/mol. The van der Waals surface area contributed by atoms with Crippen LogP contribution in [-0.2, 0) is 4.74 Å². The third-order valence-corrected chi connectivity index (χ3v) is 5.93. The fourth-order valence-electron chi connectivity index (χ4n) is 4.56. The monoisotopic (exact) mass is 295 g/mol. The topological polar surface area (TPSA) is 21.3 Å². The van der Waals surface area contributed by atoms with Crippen LogP contribution < -0.4 is 5.32 Å². The van der Waals surface area contributed by atoms with Gasteiger partial charge in [-0.25, -0.2) is 0 Å². The molecule has 2 rings (SSSR count). The lowest BCUT2D eigenvalue weighted by molar-refractivity contribution is -0.117. The Morgan fingerprint density at radius 3 is 2.19 bits per heavy atom. The van der Waals surface area contributed by atoms with Crippen molar-refractivity contribution in [2.75, 3.05) is 13.2 Å². The molecule has 2 fully saturated rings. The van der Waals surface area contributed by atoms with Gasteiger partial charge in [0.15, 0.2) is 0 Å². The fourth-order valence-corrected chi connectivity index (χ4v) is 4.56. The highest BCUT2D eigenvalue weighted by Crippen LogP contribution is 2.47. The molecule has 2 heteroatoms. The maximum absolute atomic E-state index is 6.47. The van der Waals surface area contributed by atoms with Crippen LogP contribution >= 0.6 is 0 Å². The van der Waals surface area contributed by atoms with Crippen molar-refractivity contribution in [3.05, 3.63) is 0 Å². The molecule has 2 saturated carbocycles. The standard InChI is InChI=1S/C19H37NO/c1-5-15-20-17(16-9-7-8-10-16)19(21-6-2)13-11-18(3,4)12-14-19/h16-17,20H,5-15H2,1-4H3. The van der Waals surface area contributed by atoms with Crippen LogP contribution in [0.25, 0.3) is 0 Å². The Bertz CT molecular complexity index is 297. The summed E-state index contributed by atoms with van der Waals surface area (Å²) in [6, 6.07) is 0.580. The van der Waals surface area contributed by atoms with Crippen molar-refractivity contribution in [1.29, 1.82) is 0 Å². The molecule has 0 spiro atoms. The lowest BCUT2D eigenvalue weighted by Gasteiger charge is -2.49. The minimum absolute atomic E-state index is 0.106. The van der Waals surface area contributed by atoms with E-state index in [2.05, 4.69) is 33.0 Å². The average Bonchev–Trinajstić information content (AvgIpc) is 2.97. The Labute approximate surface area is 132 Å². The summed E-state index contributed by atoms with van der Waals surface area (Å²) in [5.74, 6) is 0.837. The maximum Gasteiger partial charge on any atom is 0.0837 e. The molecular weight excluding hydrogens is 258 g/mol. The SMILES string of the molecule is CCCNC(C1CCCC1)C1(OCC)CCC(C)(C)CC1. The lowest BCUT2D eigenvalue weighted by atomic mass is 9.66. The highest BCUT2D eigenvalue weighted by atomic mass is 16.5. The van der Waals surface area contributed by atoms with Gasteiger partial charge >= 0.3 is 0 Å². The molecule has 0 amide bonds. The first-order chi connectivity index (χ1) is 10.0. The van der Waals surface area contributed by atoms with Gasteiger partial charge in [0.25, 0.3) is 0 Å². The van der Waals surface area contributed by atoms with Gasteiger partial charge < -0.3 is 10.1 Å². The van der Waals surface area contributed by atoms with E-state index in [0.29, 0.717) is 11.5 Å². The highest BCUT2D eigenvalue weighted by molar-refractivity contribution is 5.02. The molecular formula is C19H37NO. The van der Waals surface area contributed by atoms with E-state index in [4.69, 9.17) is 4.74 Å². The van der Waals surface area contributed by atoms with Crippen LogP contribution in [0.4, 0.5) is 0 Å².